The number of carbonyl (C=O) groups excluding carboxylic acids is 1. The second-order valence-corrected chi connectivity index (χ2v) is 8.26. The highest BCUT2D eigenvalue weighted by Gasteiger charge is 2.40. The lowest BCUT2D eigenvalue weighted by Crippen LogP contribution is -2.47. The van der Waals surface area contributed by atoms with E-state index in [-0.39, 0.29) is 23.6 Å². The van der Waals surface area contributed by atoms with Gasteiger partial charge in [-0.3, -0.25) is 14.2 Å². The molecule has 0 spiro atoms. The standard InChI is InChI=1S/C23H26F3N5O/c1-6-14-10-15-21(19(7-2)31(14)23(32)16-11-27-29(4)12(16)3)28-30(5)22(15)13-8-17(24)20(26)18(25)9-13/h8-9,11,14,19H,6-7,10H2,1-5H3. The predicted molar refractivity (Wildman–Crippen MR) is 113 cm³/mol. The minimum absolute atomic E-state index is 0.106. The fraction of sp³-hybridized carbons (Fsp3) is 0.435. The summed E-state index contributed by atoms with van der Waals surface area (Å²) in [7, 11) is 3.49. The molecule has 32 heavy (non-hydrogen) atoms. The van der Waals surface area contributed by atoms with Gasteiger partial charge < -0.3 is 4.90 Å². The summed E-state index contributed by atoms with van der Waals surface area (Å²) in [5.74, 6) is -4.08. The van der Waals surface area contributed by atoms with Crippen LogP contribution >= 0.6 is 0 Å². The Morgan fingerprint density at radius 2 is 1.75 bits per heavy atom. The summed E-state index contributed by atoms with van der Waals surface area (Å²) < 4.78 is 44.7. The number of amides is 1. The van der Waals surface area contributed by atoms with Crippen LogP contribution in [0.25, 0.3) is 11.3 Å². The highest BCUT2D eigenvalue weighted by atomic mass is 19.2. The predicted octanol–water partition coefficient (Wildman–Crippen LogP) is 4.47. The molecule has 1 aromatic carbocycles. The molecular weight excluding hydrogens is 419 g/mol. The zero-order valence-corrected chi connectivity index (χ0v) is 18.8. The summed E-state index contributed by atoms with van der Waals surface area (Å²) in [6.07, 6.45) is 3.39. The van der Waals surface area contributed by atoms with E-state index in [4.69, 9.17) is 0 Å². The fourth-order valence-corrected chi connectivity index (χ4v) is 4.72. The summed E-state index contributed by atoms with van der Waals surface area (Å²) in [4.78, 5) is 15.4. The number of aromatic nitrogens is 4. The number of fused-ring (bicyclic) bond motifs is 1. The third-order valence-electron chi connectivity index (χ3n) is 6.48. The molecule has 6 nitrogen and oxygen atoms in total. The first-order chi connectivity index (χ1) is 15.2. The van der Waals surface area contributed by atoms with Crippen LogP contribution in [0.3, 0.4) is 0 Å². The molecular formula is C23H26F3N5O. The van der Waals surface area contributed by atoms with Gasteiger partial charge in [-0.25, -0.2) is 13.2 Å². The number of hydrogen-bond donors (Lipinski definition) is 0. The van der Waals surface area contributed by atoms with Crippen molar-refractivity contribution in [1.82, 2.24) is 24.5 Å². The van der Waals surface area contributed by atoms with Crippen LogP contribution in [0.4, 0.5) is 13.2 Å². The third kappa shape index (κ3) is 3.30. The molecule has 1 aliphatic heterocycles. The van der Waals surface area contributed by atoms with Gasteiger partial charge in [0.1, 0.15) is 0 Å². The molecule has 2 unspecified atom stereocenters. The Morgan fingerprint density at radius 3 is 2.28 bits per heavy atom. The maximum Gasteiger partial charge on any atom is 0.258 e. The Bertz CT molecular complexity index is 1180. The van der Waals surface area contributed by atoms with E-state index >= 15 is 0 Å². The minimum Gasteiger partial charge on any atom is -0.327 e. The summed E-state index contributed by atoms with van der Waals surface area (Å²) in [6.45, 7) is 5.84. The van der Waals surface area contributed by atoms with E-state index in [1.807, 2.05) is 25.7 Å². The van der Waals surface area contributed by atoms with Crippen molar-refractivity contribution in [3.63, 3.8) is 0 Å². The molecule has 0 aliphatic carbocycles. The Labute approximate surface area is 184 Å². The number of nitrogens with zero attached hydrogens (tertiary/aromatic N) is 5. The second-order valence-electron chi connectivity index (χ2n) is 8.26. The van der Waals surface area contributed by atoms with Crippen LogP contribution in [0, 0.1) is 24.4 Å². The Balaban J connectivity index is 1.84. The van der Waals surface area contributed by atoms with E-state index in [9.17, 15) is 18.0 Å². The van der Waals surface area contributed by atoms with Crippen LogP contribution < -0.4 is 0 Å². The number of halogens is 3. The molecule has 0 N–H and O–H groups in total. The van der Waals surface area contributed by atoms with Crippen molar-refractivity contribution in [3.05, 3.63) is 58.3 Å². The maximum absolute atomic E-state index is 14.0. The van der Waals surface area contributed by atoms with Gasteiger partial charge >= 0.3 is 0 Å². The average molecular weight is 445 g/mol. The molecule has 0 saturated carbocycles. The molecule has 9 heteroatoms. The van der Waals surface area contributed by atoms with Gasteiger partial charge in [0, 0.05) is 37.0 Å². The number of benzene rings is 1. The van der Waals surface area contributed by atoms with Gasteiger partial charge in [-0.2, -0.15) is 10.2 Å². The molecule has 3 aromatic rings. The van der Waals surface area contributed by atoms with Crippen LogP contribution in [0.15, 0.2) is 18.3 Å². The molecule has 3 heterocycles. The number of rotatable bonds is 4. The first-order valence-corrected chi connectivity index (χ1v) is 10.7. The van der Waals surface area contributed by atoms with Crippen LogP contribution in [-0.2, 0) is 20.5 Å². The molecule has 2 atom stereocenters. The van der Waals surface area contributed by atoms with Crippen molar-refractivity contribution in [2.75, 3.05) is 0 Å². The third-order valence-corrected chi connectivity index (χ3v) is 6.48. The SMILES string of the molecule is CCC1Cc2c(nn(C)c2-c2cc(F)c(F)c(F)c2)C(CC)N1C(=O)c1cnn(C)c1C. The maximum atomic E-state index is 14.0. The average Bonchev–Trinajstić information content (AvgIpc) is 3.27. The molecule has 1 aliphatic rings. The Morgan fingerprint density at radius 1 is 1.09 bits per heavy atom. The summed E-state index contributed by atoms with van der Waals surface area (Å²) >= 11 is 0. The molecule has 2 aromatic heterocycles. The summed E-state index contributed by atoms with van der Waals surface area (Å²) in [5, 5.41) is 8.85. The normalized spacial score (nSPS) is 18.2. The summed E-state index contributed by atoms with van der Waals surface area (Å²) in [5.41, 5.74) is 3.64. The molecule has 0 radical (unpaired) electrons. The van der Waals surface area contributed by atoms with Crippen LogP contribution in [-0.4, -0.2) is 36.4 Å². The lowest BCUT2D eigenvalue weighted by molar-refractivity contribution is 0.0512. The molecule has 0 saturated heterocycles. The van der Waals surface area contributed by atoms with Crippen molar-refractivity contribution in [1.29, 1.82) is 0 Å². The van der Waals surface area contributed by atoms with E-state index < -0.39 is 17.5 Å². The molecule has 0 bridgehead atoms. The van der Waals surface area contributed by atoms with E-state index in [1.54, 1.807) is 29.7 Å². The van der Waals surface area contributed by atoms with E-state index in [0.29, 0.717) is 36.2 Å². The number of aryl methyl sites for hydroxylation is 2. The quantitative estimate of drug-likeness (QED) is 0.557. The van der Waals surface area contributed by atoms with Gasteiger partial charge in [0.2, 0.25) is 0 Å². The van der Waals surface area contributed by atoms with Crippen molar-refractivity contribution >= 4 is 5.91 Å². The molecule has 0 fully saturated rings. The molecule has 1 amide bonds. The van der Waals surface area contributed by atoms with Crippen LogP contribution in [0.5, 0.6) is 0 Å². The van der Waals surface area contributed by atoms with E-state index in [1.165, 1.54) is 0 Å². The second kappa shape index (κ2) is 8.11. The highest BCUT2D eigenvalue weighted by molar-refractivity contribution is 5.96. The van der Waals surface area contributed by atoms with Crippen molar-refractivity contribution in [2.24, 2.45) is 14.1 Å². The topological polar surface area (TPSA) is 56.0 Å². The minimum atomic E-state index is -1.49. The lowest BCUT2D eigenvalue weighted by atomic mass is 9.87. The molecule has 170 valence electrons. The number of hydrogen-bond acceptors (Lipinski definition) is 3. The smallest absolute Gasteiger partial charge is 0.258 e. The largest absolute Gasteiger partial charge is 0.327 e. The Kier molecular flexibility index (Phi) is 5.60. The number of carbonyl (C=O) groups is 1. The zero-order chi connectivity index (χ0) is 23.3. The van der Waals surface area contributed by atoms with Gasteiger partial charge in [0.25, 0.3) is 5.91 Å². The highest BCUT2D eigenvalue weighted by Crippen LogP contribution is 2.41. The lowest BCUT2D eigenvalue weighted by Gasteiger charge is -2.41. The van der Waals surface area contributed by atoms with Gasteiger partial charge in [0.15, 0.2) is 17.5 Å². The zero-order valence-electron chi connectivity index (χ0n) is 18.8. The molecule has 4 rings (SSSR count). The monoisotopic (exact) mass is 445 g/mol. The van der Waals surface area contributed by atoms with E-state index in [0.717, 1.165) is 23.4 Å². The van der Waals surface area contributed by atoms with Crippen LogP contribution in [0.2, 0.25) is 0 Å². The van der Waals surface area contributed by atoms with Gasteiger partial charge in [-0.15, -0.1) is 0 Å². The fourth-order valence-electron chi connectivity index (χ4n) is 4.72. The van der Waals surface area contributed by atoms with Crippen molar-refractivity contribution < 1.29 is 18.0 Å². The van der Waals surface area contributed by atoms with Gasteiger partial charge in [-0.05, 0) is 38.3 Å². The first-order valence-electron chi connectivity index (χ1n) is 10.7. The first kappa shape index (κ1) is 22.1. The van der Waals surface area contributed by atoms with Crippen LogP contribution in [0.1, 0.15) is 60.0 Å². The van der Waals surface area contributed by atoms with Gasteiger partial charge in [-0.1, -0.05) is 13.8 Å². The van der Waals surface area contributed by atoms with Crippen molar-refractivity contribution in [2.45, 2.75) is 52.1 Å². The van der Waals surface area contributed by atoms with Crippen molar-refractivity contribution in [3.8, 4) is 11.3 Å². The Hall–Kier alpha value is -3.10. The summed E-state index contributed by atoms with van der Waals surface area (Å²) in [6, 6.07) is 1.56. The van der Waals surface area contributed by atoms with E-state index in [2.05, 4.69) is 10.2 Å². The van der Waals surface area contributed by atoms with Gasteiger partial charge in [0.05, 0.1) is 29.2 Å².